The average Bonchev–Trinajstić information content (AvgIpc) is 3.03. The fraction of sp³-hybridized carbons (Fsp3) is 0.188. The Bertz CT molecular complexity index is 912. The van der Waals surface area contributed by atoms with Gasteiger partial charge >= 0.3 is 0 Å². The number of nitrogens with one attached hydrogen (secondary N) is 1. The summed E-state index contributed by atoms with van der Waals surface area (Å²) in [5, 5.41) is 18.4. The van der Waals surface area contributed by atoms with E-state index in [-0.39, 0.29) is 5.69 Å². The summed E-state index contributed by atoms with van der Waals surface area (Å²) in [4.78, 5) is 18.7. The van der Waals surface area contributed by atoms with Crippen LogP contribution in [0.5, 0.6) is 0 Å². The molecule has 0 fully saturated rings. The van der Waals surface area contributed by atoms with Crippen molar-refractivity contribution in [2.75, 3.05) is 11.9 Å². The number of pyridine rings is 1. The van der Waals surface area contributed by atoms with Gasteiger partial charge in [-0.2, -0.15) is 4.98 Å². The minimum absolute atomic E-state index is 0.00591. The highest BCUT2D eigenvalue weighted by Gasteiger charge is 2.12. The van der Waals surface area contributed by atoms with Gasteiger partial charge in [0, 0.05) is 29.1 Å². The second-order valence-electron chi connectivity index (χ2n) is 5.31. The molecule has 3 rings (SSSR count). The van der Waals surface area contributed by atoms with Gasteiger partial charge in [0.25, 0.3) is 5.69 Å². The summed E-state index contributed by atoms with van der Waals surface area (Å²) in [5.41, 5.74) is 1.32. The average molecular weight is 360 g/mol. The van der Waals surface area contributed by atoms with Gasteiger partial charge in [-0.1, -0.05) is 28.9 Å². The molecule has 0 aliphatic carbocycles. The molecule has 0 bridgehead atoms. The SMILES string of the molecule is Cc1cc(NCCc2nc(-c3cccc(Cl)c3)no2)ncc1[N+](=O)[O-]. The van der Waals surface area contributed by atoms with Crippen molar-refractivity contribution in [3.05, 3.63) is 63.1 Å². The zero-order valence-corrected chi connectivity index (χ0v) is 14.0. The lowest BCUT2D eigenvalue weighted by molar-refractivity contribution is -0.385. The molecule has 2 heterocycles. The second kappa shape index (κ2) is 7.27. The molecule has 8 nitrogen and oxygen atoms in total. The molecule has 3 aromatic rings. The number of aryl methyl sites for hydroxylation is 1. The first-order chi connectivity index (χ1) is 12.0. The molecular formula is C16H14ClN5O3. The lowest BCUT2D eigenvalue weighted by Crippen LogP contribution is -2.07. The minimum Gasteiger partial charge on any atom is -0.370 e. The summed E-state index contributed by atoms with van der Waals surface area (Å²) in [6.45, 7) is 2.17. The van der Waals surface area contributed by atoms with Gasteiger partial charge in [-0.15, -0.1) is 0 Å². The van der Waals surface area contributed by atoms with Crippen LogP contribution in [0.1, 0.15) is 11.5 Å². The molecule has 0 unspecified atom stereocenters. The van der Waals surface area contributed by atoms with Crippen molar-refractivity contribution in [1.82, 2.24) is 15.1 Å². The van der Waals surface area contributed by atoms with Crippen LogP contribution in [0.15, 0.2) is 41.1 Å². The largest absolute Gasteiger partial charge is 0.370 e. The Kier molecular flexibility index (Phi) is 4.90. The van der Waals surface area contributed by atoms with E-state index >= 15 is 0 Å². The summed E-state index contributed by atoms with van der Waals surface area (Å²) < 4.78 is 5.22. The van der Waals surface area contributed by atoms with Crippen molar-refractivity contribution in [2.45, 2.75) is 13.3 Å². The number of nitrogens with zero attached hydrogens (tertiary/aromatic N) is 4. The van der Waals surface area contributed by atoms with Crippen LogP contribution in [0.2, 0.25) is 5.02 Å². The molecule has 0 saturated heterocycles. The number of anilines is 1. The van der Waals surface area contributed by atoms with Gasteiger partial charge in [0.05, 0.1) is 4.92 Å². The van der Waals surface area contributed by atoms with E-state index in [1.807, 2.05) is 12.1 Å². The van der Waals surface area contributed by atoms with E-state index in [2.05, 4.69) is 20.4 Å². The van der Waals surface area contributed by atoms with E-state index in [0.29, 0.717) is 41.1 Å². The molecule has 0 radical (unpaired) electrons. The molecule has 0 aliphatic heterocycles. The number of hydrogen-bond acceptors (Lipinski definition) is 7. The topological polar surface area (TPSA) is 107 Å². The summed E-state index contributed by atoms with van der Waals surface area (Å²) in [5.74, 6) is 1.50. The van der Waals surface area contributed by atoms with Crippen molar-refractivity contribution in [3.63, 3.8) is 0 Å². The Balaban J connectivity index is 1.60. The molecule has 9 heteroatoms. The van der Waals surface area contributed by atoms with Crippen LogP contribution in [-0.4, -0.2) is 26.6 Å². The maximum atomic E-state index is 10.8. The van der Waals surface area contributed by atoms with Crippen molar-refractivity contribution < 1.29 is 9.45 Å². The Hall–Kier alpha value is -3.00. The van der Waals surface area contributed by atoms with Crippen LogP contribution in [0.4, 0.5) is 11.5 Å². The van der Waals surface area contributed by atoms with Crippen LogP contribution < -0.4 is 5.32 Å². The summed E-state index contributed by atoms with van der Waals surface area (Å²) in [6.07, 6.45) is 1.73. The quantitative estimate of drug-likeness (QED) is 0.528. The fourth-order valence-corrected chi connectivity index (χ4v) is 2.43. The van der Waals surface area contributed by atoms with Gasteiger partial charge in [-0.25, -0.2) is 4.98 Å². The number of halogens is 1. The smallest absolute Gasteiger partial charge is 0.290 e. The molecule has 25 heavy (non-hydrogen) atoms. The predicted molar refractivity (Wildman–Crippen MR) is 92.6 cm³/mol. The fourth-order valence-electron chi connectivity index (χ4n) is 2.24. The first kappa shape index (κ1) is 16.8. The van der Waals surface area contributed by atoms with E-state index < -0.39 is 4.92 Å². The van der Waals surface area contributed by atoms with Gasteiger partial charge in [-0.3, -0.25) is 10.1 Å². The zero-order valence-electron chi connectivity index (χ0n) is 13.3. The lowest BCUT2D eigenvalue weighted by Gasteiger charge is -2.04. The van der Waals surface area contributed by atoms with Crippen molar-refractivity contribution in [1.29, 1.82) is 0 Å². The Labute approximate surface area is 148 Å². The standard InChI is InChI=1S/C16H14ClN5O3/c1-10-7-14(19-9-13(10)22(23)24)18-6-5-15-20-16(21-25-15)11-3-2-4-12(17)8-11/h2-4,7-9H,5-6H2,1H3,(H,18,19). The first-order valence-electron chi connectivity index (χ1n) is 7.46. The molecule has 1 N–H and O–H groups in total. The third kappa shape index (κ3) is 4.10. The Morgan fingerprint density at radius 2 is 2.20 bits per heavy atom. The van der Waals surface area contributed by atoms with Crippen LogP contribution >= 0.6 is 11.6 Å². The van der Waals surface area contributed by atoms with E-state index in [1.54, 1.807) is 25.1 Å². The number of aromatic nitrogens is 3. The highest BCUT2D eigenvalue weighted by atomic mass is 35.5. The lowest BCUT2D eigenvalue weighted by atomic mass is 10.2. The van der Waals surface area contributed by atoms with Crippen LogP contribution in [0.3, 0.4) is 0 Å². The first-order valence-corrected chi connectivity index (χ1v) is 7.84. The van der Waals surface area contributed by atoms with E-state index in [0.717, 1.165) is 5.56 Å². The molecule has 1 aromatic carbocycles. The molecule has 128 valence electrons. The van der Waals surface area contributed by atoms with E-state index in [4.69, 9.17) is 16.1 Å². The summed E-state index contributed by atoms with van der Waals surface area (Å²) in [6, 6.07) is 8.83. The van der Waals surface area contributed by atoms with Gasteiger partial charge in [0.2, 0.25) is 11.7 Å². The van der Waals surface area contributed by atoms with Crippen molar-refractivity contribution in [2.24, 2.45) is 0 Å². The number of nitro groups is 1. The van der Waals surface area contributed by atoms with Crippen molar-refractivity contribution in [3.8, 4) is 11.4 Å². The molecule has 0 aliphatic rings. The third-order valence-electron chi connectivity index (χ3n) is 3.48. The van der Waals surface area contributed by atoms with E-state index in [9.17, 15) is 10.1 Å². The maximum Gasteiger partial charge on any atom is 0.290 e. The maximum absolute atomic E-state index is 10.8. The van der Waals surface area contributed by atoms with E-state index in [1.165, 1.54) is 6.20 Å². The Morgan fingerprint density at radius 3 is 2.92 bits per heavy atom. The molecule has 2 aromatic heterocycles. The number of benzene rings is 1. The molecular weight excluding hydrogens is 346 g/mol. The minimum atomic E-state index is -0.456. The van der Waals surface area contributed by atoms with Gasteiger partial charge in [0.1, 0.15) is 12.0 Å². The molecule has 0 saturated carbocycles. The summed E-state index contributed by atoms with van der Waals surface area (Å²) >= 11 is 5.95. The number of rotatable bonds is 6. The number of hydrogen-bond donors (Lipinski definition) is 1. The normalized spacial score (nSPS) is 10.6. The predicted octanol–water partition coefficient (Wildman–Crippen LogP) is 3.66. The summed E-state index contributed by atoms with van der Waals surface area (Å²) in [7, 11) is 0. The highest BCUT2D eigenvalue weighted by molar-refractivity contribution is 6.30. The second-order valence-corrected chi connectivity index (χ2v) is 5.75. The van der Waals surface area contributed by atoms with Crippen molar-refractivity contribution >= 4 is 23.1 Å². The highest BCUT2D eigenvalue weighted by Crippen LogP contribution is 2.21. The zero-order chi connectivity index (χ0) is 17.8. The third-order valence-corrected chi connectivity index (χ3v) is 3.71. The molecule has 0 amide bonds. The molecule has 0 spiro atoms. The Morgan fingerprint density at radius 1 is 1.36 bits per heavy atom. The van der Waals surface area contributed by atoms with Crippen LogP contribution in [0.25, 0.3) is 11.4 Å². The molecule has 0 atom stereocenters. The van der Waals surface area contributed by atoms with Gasteiger partial charge < -0.3 is 9.84 Å². The van der Waals surface area contributed by atoms with Crippen LogP contribution in [-0.2, 0) is 6.42 Å². The van der Waals surface area contributed by atoms with Gasteiger partial charge in [-0.05, 0) is 25.1 Å². The monoisotopic (exact) mass is 359 g/mol. The van der Waals surface area contributed by atoms with Crippen LogP contribution in [0, 0.1) is 17.0 Å². The van der Waals surface area contributed by atoms with Gasteiger partial charge in [0.15, 0.2) is 0 Å².